The van der Waals surface area contributed by atoms with Crippen LogP contribution in [0.3, 0.4) is 0 Å². The van der Waals surface area contributed by atoms with Gasteiger partial charge in [0.1, 0.15) is 5.75 Å². The molecular formula is C19H22Cl2N2O2. The van der Waals surface area contributed by atoms with Gasteiger partial charge in [0.15, 0.2) is 0 Å². The number of benzene rings is 2. The summed E-state index contributed by atoms with van der Waals surface area (Å²) in [5, 5.41) is 7.39. The maximum atomic E-state index is 11.9. The summed E-state index contributed by atoms with van der Waals surface area (Å²) in [6, 6.07) is 13.2. The molecule has 0 aliphatic carbocycles. The summed E-state index contributed by atoms with van der Waals surface area (Å²) < 4.78 is 5.30. The summed E-state index contributed by atoms with van der Waals surface area (Å²) in [7, 11) is 1.65. The van der Waals surface area contributed by atoms with E-state index in [-0.39, 0.29) is 5.91 Å². The minimum Gasteiger partial charge on any atom is -0.496 e. The Balaban J connectivity index is 1.64. The van der Waals surface area contributed by atoms with E-state index in [0.717, 1.165) is 16.9 Å². The highest BCUT2D eigenvalue weighted by atomic mass is 35.5. The minimum absolute atomic E-state index is 0.0117. The van der Waals surface area contributed by atoms with Gasteiger partial charge in [-0.15, -0.1) is 0 Å². The normalized spacial score (nSPS) is 10.5. The van der Waals surface area contributed by atoms with Gasteiger partial charge in [-0.2, -0.15) is 0 Å². The molecule has 0 unspecified atom stereocenters. The van der Waals surface area contributed by atoms with Crippen molar-refractivity contribution in [1.82, 2.24) is 10.6 Å². The topological polar surface area (TPSA) is 50.4 Å². The molecule has 0 bridgehead atoms. The monoisotopic (exact) mass is 380 g/mol. The second kappa shape index (κ2) is 10.3. The molecule has 0 aliphatic heterocycles. The Labute approximate surface area is 158 Å². The lowest BCUT2D eigenvalue weighted by molar-refractivity contribution is -0.120. The number of carbonyl (C=O) groups excluding carboxylic acids is 1. The Bertz CT molecular complexity index is 708. The molecule has 0 atom stereocenters. The molecule has 0 aromatic heterocycles. The van der Waals surface area contributed by atoms with Crippen LogP contribution >= 0.6 is 23.2 Å². The molecule has 0 heterocycles. The molecule has 2 aromatic carbocycles. The number of halogens is 2. The van der Waals surface area contributed by atoms with Crippen molar-refractivity contribution < 1.29 is 9.53 Å². The van der Waals surface area contributed by atoms with Crippen LogP contribution in [-0.4, -0.2) is 26.1 Å². The molecule has 0 saturated carbocycles. The van der Waals surface area contributed by atoms with E-state index < -0.39 is 0 Å². The Hall–Kier alpha value is -1.75. The fourth-order valence-electron chi connectivity index (χ4n) is 2.42. The van der Waals surface area contributed by atoms with Crippen molar-refractivity contribution >= 4 is 29.1 Å². The fourth-order valence-corrected chi connectivity index (χ4v) is 2.93. The molecule has 0 fully saturated rings. The van der Waals surface area contributed by atoms with E-state index in [4.69, 9.17) is 27.9 Å². The zero-order chi connectivity index (χ0) is 18.1. The quantitative estimate of drug-likeness (QED) is 0.649. The first-order valence-corrected chi connectivity index (χ1v) is 8.89. The largest absolute Gasteiger partial charge is 0.496 e. The number of hydrogen-bond donors (Lipinski definition) is 2. The number of rotatable bonds is 9. The molecule has 4 nitrogen and oxygen atoms in total. The molecule has 2 rings (SSSR count). The van der Waals surface area contributed by atoms with Gasteiger partial charge in [0.2, 0.25) is 5.91 Å². The predicted octanol–water partition coefficient (Wildman–Crippen LogP) is 3.84. The van der Waals surface area contributed by atoms with Crippen molar-refractivity contribution in [3.05, 3.63) is 63.6 Å². The van der Waals surface area contributed by atoms with E-state index >= 15 is 0 Å². The average molecular weight is 381 g/mol. The van der Waals surface area contributed by atoms with E-state index in [1.807, 2.05) is 30.3 Å². The molecule has 0 saturated heterocycles. The number of methoxy groups -OCH3 is 1. The van der Waals surface area contributed by atoms with Crippen molar-refractivity contribution in [2.75, 3.05) is 20.2 Å². The van der Waals surface area contributed by atoms with Crippen LogP contribution in [0.4, 0.5) is 0 Å². The van der Waals surface area contributed by atoms with Crippen LogP contribution < -0.4 is 15.4 Å². The third-order valence-electron chi connectivity index (χ3n) is 3.77. The second-order valence-corrected chi connectivity index (χ2v) is 6.42. The summed E-state index contributed by atoms with van der Waals surface area (Å²) in [6.07, 6.45) is 1.10. The number of amides is 1. The Kier molecular flexibility index (Phi) is 8.06. The van der Waals surface area contributed by atoms with Crippen molar-refractivity contribution in [1.29, 1.82) is 0 Å². The van der Waals surface area contributed by atoms with Crippen molar-refractivity contribution in [2.24, 2.45) is 0 Å². The highest BCUT2D eigenvalue weighted by Crippen LogP contribution is 2.21. The molecule has 0 radical (unpaired) electrons. The van der Waals surface area contributed by atoms with Gasteiger partial charge in [0.25, 0.3) is 0 Å². The number of ether oxygens (including phenoxy) is 1. The van der Waals surface area contributed by atoms with Gasteiger partial charge in [-0.1, -0.05) is 47.5 Å². The van der Waals surface area contributed by atoms with Gasteiger partial charge < -0.3 is 15.4 Å². The van der Waals surface area contributed by atoms with Crippen LogP contribution in [0.15, 0.2) is 42.5 Å². The lowest BCUT2D eigenvalue weighted by Crippen LogP contribution is -2.29. The Morgan fingerprint density at radius 3 is 2.64 bits per heavy atom. The zero-order valence-electron chi connectivity index (χ0n) is 14.1. The third-order valence-corrected chi connectivity index (χ3v) is 4.36. The van der Waals surface area contributed by atoms with E-state index in [9.17, 15) is 4.79 Å². The van der Waals surface area contributed by atoms with E-state index in [0.29, 0.717) is 42.5 Å². The third kappa shape index (κ3) is 6.58. The van der Waals surface area contributed by atoms with Crippen molar-refractivity contribution in [3.63, 3.8) is 0 Å². The summed E-state index contributed by atoms with van der Waals surface area (Å²) in [6.45, 7) is 1.82. The van der Waals surface area contributed by atoms with Gasteiger partial charge in [0.05, 0.1) is 7.11 Å². The highest BCUT2D eigenvalue weighted by Gasteiger charge is 2.05. The molecule has 0 aliphatic rings. The van der Waals surface area contributed by atoms with Crippen LogP contribution in [0.1, 0.15) is 17.5 Å². The molecule has 2 aromatic rings. The molecule has 2 N–H and O–H groups in total. The standard InChI is InChI=1S/C19H22Cl2N2O2/c1-25-18-5-3-2-4-15(18)13-22-10-9-19(24)23-11-8-14-6-7-16(20)12-17(14)21/h2-7,12,22H,8-11,13H2,1H3,(H,23,24). The summed E-state index contributed by atoms with van der Waals surface area (Å²) in [4.78, 5) is 11.9. The summed E-state index contributed by atoms with van der Waals surface area (Å²) in [5.74, 6) is 0.858. The van der Waals surface area contributed by atoms with Crippen LogP contribution in [0, 0.1) is 0 Å². The Morgan fingerprint density at radius 1 is 1.08 bits per heavy atom. The molecule has 25 heavy (non-hydrogen) atoms. The van der Waals surface area contributed by atoms with Crippen molar-refractivity contribution in [3.8, 4) is 5.75 Å². The first-order valence-electron chi connectivity index (χ1n) is 8.13. The van der Waals surface area contributed by atoms with Gasteiger partial charge >= 0.3 is 0 Å². The lowest BCUT2D eigenvalue weighted by atomic mass is 10.1. The van der Waals surface area contributed by atoms with Crippen LogP contribution in [-0.2, 0) is 17.8 Å². The van der Waals surface area contributed by atoms with E-state index in [2.05, 4.69) is 10.6 Å². The van der Waals surface area contributed by atoms with E-state index in [1.165, 1.54) is 0 Å². The SMILES string of the molecule is COc1ccccc1CNCCC(=O)NCCc1ccc(Cl)cc1Cl. The van der Waals surface area contributed by atoms with Crippen LogP contribution in [0.25, 0.3) is 0 Å². The lowest BCUT2D eigenvalue weighted by Gasteiger charge is -2.10. The number of nitrogens with one attached hydrogen (secondary N) is 2. The number of carbonyl (C=O) groups is 1. The Morgan fingerprint density at radius 2 is 1.88 bits per heavy atom. The van der Waals surface area contributed by atoms with Crippen molar-refractivity contribution in [2.45, 2.75) is 19.4 Å². The zero-order valence-corrected chi connectivity index (χ0v) is 15.7. The molecule has 6 heteroatoms. The maximum Gasteiger partial charge on any atom is 0.221 e. The summed E-state index contributed by atoms with van der Waals surface area (Å²) in [5.41, 5.74) is 2.04. The molecular weight excluding hydrogens is 359 g/mol. The minimum atomic E-state index is 0.0117. The molecule has 134 valence electrons. The maximum absolute atomic E-state index is 11.9. The fraction of sp³-hybridized carbons (Fsp3) is 0.316. The molecule has 1 amide bonds. The predicted molar refractivity (Wildman–Crippen MR) is 102 cm³/mol. The average Bonchev–Trinajstić information content (AvgIpc) is 2.61. The highest BCUT2D eigenvalue weighted by molar-refractivity contribution is 6.35. The smallest absolute Gasteiger partial charge is 0.221 e. The van der Waals surface area contributed by atoms with Crippen LogP contribution in [0.2, 0.25) is 10.0 Å². The first-order chi connectivity index (χ1) is 12.1. The van der Waals surface area contributed by atoms with Gasteiger partial charge in [0, 0.05) is 41.7 Å². The molecule has 0 spiro atoms. The second-order valence-electron chi connectivity index (χ2n) is 5.57. The van der Waals surface area contributed by atoms with E-state index in [1.54, 1.807) is 19.2 Å². The first kappa shape index (κ1) is 19.6. The number of hydrogen-bond acceptors (Lipinski definition) is 3. The van der Waals surface area contributed by atoms with Gasteiger partial charge in [-0.25, -0.2) is 0 Å². The van der Waals surface area contributed by atoms with Gasteiger partial charge in [-0.3, -0.25) is 4.79 Å². The van der Waals surface area contributed by atoms with Gasteiger partial charge in [-0.05, 0) is 30.2 Å². The van der Waals surface area contributed by atoms with Crippen LogP contribution in [0.5, 0.6) is 5.75 Å². The summed E-state index contributed by atoms with van der Waals surface area (Å²) >= 11 is 12.0. The number of para-hydroxylation sites is 1.